The van der Waals surface area contributed by atoms with Gasteiger partial charge in [-0.25, -0.2) is 0 Å². The first-order valence-corrected chi connectivity index (χ1v) is 7.96. The summed E-state index contributed by atoms with van der Waals surface area (Å²) in [5.41, 5.74) is 0.950. The molecule has 0 atom stereocenters. The summed E-state index contributed by atoms with van der Waals surface area (Å²) in [6.07, 6.45) is 7.29. The Balaban J connectivity index is 2.17. The smallest absolute Gasteiger partial charge is 0.255 e. The van der Waals surface area contributed by atoms with E-state index in [4.69, 9.17) is 0 Å². The highest BCUT2D eigenvalue weighted by atomic mass is 16.3. The van der Waals surface area contributed by atoms with Gasteiger partial charge in [0.15, 0.2) is 0 Å². The van der Waals surface area contributed by atoms with Gasteiger partial charge < -0.3 is 20.8 Å². The summed E-state index contributed by atoms with van der Waals surface area (Å²) in [5.74, 6) is -1.14. The van der Waals surface area contributed by atoms with Crippen LogP contribution in [0, 0.1) is 0 Å². The number of rotatable bonds is 6. The number of hydrogen-bond donors (Lipinski definition) is 4. The van der Waals surface area contributed by atoms with Gasteiger partial charge in [-0.2, -0.15) is 0 Å². The van der Waals surface area contributed by atoms with Crippen molar-refractivity contribution in [3.63, 3.8) is 0 Å². The molecule has 0 aromatic heterocycles. The monoisotopic (exact) mass is 352 g/mol. The van der Waals surface area contributed by atoms with Gasteiger partial charge in [0.1, 0.15) is 11.5 Å². The lowest BCUT2D eigenvalue weighted by Gasteiger charge is -2.13. The van der Waals surface area contributed by atoms with Crippen molar-refractivity contribution in [3.8, 4) is 0 Å². The number of amides is 2. The fourth-order valence-corrected chi connectivity index (χ4v) is 2.30. The molecule has 1 aliphatic rings. The van der Waals surface area contributed by atoms with Crippen LogP contribution in [0.3, 0.4) is 0 Å². The number of benzene rings is 1. The molecule has 0 heterocycles. The minimum Gasteiger partial charge on any atom is -0.506 e. The molecule has 0 aliphatic heterocycles. The zero-order valence-corrected chi connectivity index (χ0v) is 14.2. The van der Waals surface area contributed by atoms with Gasteiger partial charge in [-0.3, -0.25) is 9.59 Å². The van der Waals surface area contributed by atoms with Crippen molar-refractivity contribution in [2.24, 2.45) is 0 Å². The maximum atomic E-state index is 12.4. The lowest BCUT2D eigenvalue weighted by atomic mass is 10.1. The third kappa shape index (κ3) is 4.51. The van der Waals surface area contributed by atoms with Crippen LogP contribution in [0.1, 0.15) is 33.6 Å². The molecular weight excluding hydrogens is 332 g/mol. The molecule has 0 fully saturated rings. The molecule has 6 nitrogen and oxygen atoms in total. The molecule has 1 aromatic rings. The topological polar surface area (TPSA) is 98.7 Å². The fraction of sp³-hybridized carbons (Fsp3) is 0.100. The van der Waals surface area contributed by atoms with Crippen LogP contribution in [-0.2, 0) is 0 Å². The van der Waals surface area contributed by atoms with E-state index in [0.717, 1.165) is 12.8 Å². The zero-order chi connectivity index (χ0) is 19.1. The van der Waals surface area contributed by atoms with E-state index in [0.29, 0.717) is 5.70 Å². The molecule has 1 aliphatic carbocycles. The lowest BCUT2D eigenvalue weighted by molar-refractivity contribution is 0.0963. The Bertz CT molecular complexity index is 847. The highest BCUT2D eigenvalue weighted by molar-refractivity contribution is 6.01. The lowest BCUT2D eigenvalue weighted by Crippen LogP contribution is -2.26. The first kappa shape index (κ1) is 18.8. The average Bonchev–Trinajstić information content (AvgIpc) is 2.67. The third-order valence-corrected chi connectivity index (χ3v) is 3.69. The van der Waals surface area contributed by atoms with Gasteiger partial charge in [0.05, 0.1) is 11.4 Å². The van der Waals surface area contributed by atoms with Gasteiger partial charge in [0, 0.05) is 11.1 Å². The highest BCUT2D eigenvalue weighted by Crippen LogP contribution is 2.15. The maximum Gasteiger partial charge on any atom is 0.255 e. The summed E-state index contributed by atoms with van der Waals surface area (Å²) >= 11 is 0. The Kier molecular flexibility index (Phi) is 6.16. The standard InChI is InChI=1S/C20H20N2O4/c1-3-15(17(23)4-2)21-19(25)13-8-7-9-14(12-13)20(26)22-16-10-5-6-11-18(16)24/h3-4,7-12,23-24H,1-2,5-6H2,(H,21,25)(H,22,26)/b17-15-. The number of aliphatic hydroxyl groups is 2. The van der Waals surface area contributed by atoms with Crippen LogP contribution in [0.5, 0.6) is 0 Å². The van der Waals surface area contributed by atoms with Crippen LogP contribution < -0.4 is 10.6 Å². The van der Waals surface area contributed by atoms with Crippen LogP contribution in [0.4, 0.5) is 0 Å². The molecule has 0 spiro atoms. The number of nitrogens with one attached hydrogen (secondary N) is 2. The highest BCUT2D eigenvalue weighted by Gasteiger charge is 2.15. The Morgan fingerprint density at radius 1 is 1.04 bits per heavy atom. The molecule has 0 unspecified atom stereocenters. The normalized spacial score (nSPS) is 14.3. The van der Waals surface area contributed by atoms with Crippen molar-refractivity contribution in [1.82, 2.24) is 10.6 Å². The SMILES string of the molecule is C=C/C(O)=C(\C=C)NC(=O)c1cccc(C(=O)NC2=CCCC=C2O)c1. The summed E-state index contributed by atoms with van der Waals surface area (Å²) in [6, 6.07) is 6.08. The average molecular weight is 352 g/mol. The molecule has 0 saturated heterocycles. The fourth-order valence-electron chi connectivity index (χ4n) is 2.30. The Morgan fingerprint density at radius 3 is 2.31 bits per heavy atom. The van der Waals surface area contributed by atoms with Crippen molar-refractivity contribution in [2.75, 3.05) is 0 Å². The van der Waals surface area contributed by atoms with E-state index >= 15 is 0 Å². The molecule has 1 aromatic carbocycles. The summed E-state index contributed by atoms with van der Waals surface area (Å²) in [6.45, 7) is 6.93. The van der Waals surface area contributed by atoms with Gasteiger partial charge >= 0.3 is 0 Å². The van der Waals surface area contributed by atoms with E-state index in [1.165, 1.54) is 24.3 Å². The van der Waals surface area contributed by atoms with Crippen molar-refractivity contribution < 1.29 is 19.8 Å². The minimum absolute atomic E-state index is 0.0270. The molecule has 134 valence electrons. The first-order chi connectivity index (χ1) is 12.5. The molecule has 26 heavy (non-hydrogen) atoms. The molecule has 4 N–H and O–H groups in total. The van der Waals surface area contributed by atoms with Gasteiger partial charge in [0.25, 0.3) is 11.8 Å². The predicted molar refractivity (Wildman–Crippen MR) is 99.5 cm³/mol. The second kappa shape index (κ2) is 8.53. The van der Waals surface area contributed by atoms with E-state index in [2.05, 4.69) is 23.8 Å². The second-order valence-electron chi connectivity index (χ2n) is 5.48. The summed E-state index contributed by atoms with van der Waals surface area (Å²) in [7, 11) is 0. The molecule has 6 heteroatoms. The third-order valence-electron chi connectivity index (χ3n) is 3.69. The van der Waals surface area contributed by atoms with Crippen LogP contribution in [-0.4, -0.2) is 22.0 Å². The van der Waals surface area contributed by atoms with E-state index < -0.39 is 11.8 Å². The van der Waals surface area contributed by atoms with Crippen molar-refractivity contribution in [1.29, 1.82) is 0 Å². The number of carbonyl (C=O) groups is 2. The van der Waals surface area contributed by atoms with E-state index in [9.17, 15) is 19.8 Å². The van der Waals surface area contributed by atoms with Gasteiger partial charge in [-0.05, 0) is 49.3 Å². The minimum atomic E-state index is -0.512. The largest absolute Gasteiger partial charge is 0.506 e. The summed E-state index contributed by atoms with van der Waals surface area (Å²) < 4.78 is 0. The summed E-state index contributed by atoms with van der Waals surface area (Å²) in [5, 5.41) is 24.5. The van der Waals surface area contributed by atoms with Gasteiger partial charge in [0.2, 0.25) is 0 Å². The molecule has 2 rings (SSSR count). The van der Waals surface area contributed by atoms with Crippen LogP contribution in [0.15, 0.2) is 84.6 Å². The van der Waals surface area contributed by atoms with Crippen molar-refractivity contribution in [3.05, 3.63) is 95.8 Å². The Labute approximate surface area is 151 Å². The Hall–Kier alpha value is -3.54. The predicted octanol–water partition coefficient (Wildman–Crippen LogP) is 3.41. The van der Waals surface area contributed by atoms with E-state index in [1.807, 2.05) is 0 Å². The quantitative estimate of drug-likeness (QED) is 0.466. The van der Waals surface area contributed by atoms with Crippen molar-refractivity contribution in [2.45, 2.75) is 12.8 Å². The van der Waals surface area contributed by atoms with E-state index in [-0.39, 0.29) is 28.3 Å². The molecule has 2 amide bonds. The second-order valence-corrected chi connectivity index (χ2v) is 5.48. The first-order valence-electron chi connectivity index (χ1n) is 7.96. The number of aliphatic hydroxyl groups excluding tert-OH is 2. The summed E-state index contributed by atoms with van der Waals surface area (Å²) in [4.78, 5) is 24.7. The number of hydrogen-bond acceptors (Lipinski definition) is 4. The molecular formula is C20H20N2O4. The van der Waals surface area contributed by atoms with Crippen molar-refractivity contribution >= 4 is 11.8 Å². The number of carbonyl (C=O) groups excluding carboxylic acids is 2. The molecule has 0 bridgehead atoms. The maximum absolute atomic E-state index is 12.4. The Morgan fingerprint density at radius 2 is 1.69 bits per heavy atom. The molecule has 0 radical (unpaired) electrons. The number of allylic oxidation sites excluding steroid dienone is 4. The van der Waals surface area contributed by atoms with Crippen LogP contribution in [0.25, 0.3) is 0 Å². The van der Waals surface area contributed by atoms with Gasteiger partial charge in [-0.1, -0.05) is 25.3 Å². The molecule has 0 saturated carbocycles. The van der Waals surface area contributed by atoms with Crippen LogP contribution in [0.2, 0.25) is 0 Å². The van der Waals surface area contributed by atoms with E-state index in [1.54, 1.807) is 24.3 Å². The van der Waals surface area contributed by atoms with Gasteiger partial charge in [-0.15, -0.1) is 0 Å². The van der Waals surface area contributed by atoms with Crippen LogP contribution >= 0.6 is 0 Å². The zero-order valence-electron chi connectivity index (χ0n) is 14.2.